The number of carbonyl (C=O) groups excluding carboxylic acids is 2. The molecule has 0 rings (SSSR count). The van der Waals surface area contributed by atoms with Crippen molar-refractivity contribution in [2.24, 2.45) is 5.92 Å². The summed E-state index contributed by atoms with van der Waals surface area (Å²) in [6, 6.07) is 0. The zero-order valence-corrected chi connectivity index (χ0v) is 32.6. The first kappa shape index (κ1) is 48.7. The second-order valence-electron chi connectivity index (χ2n) is 14.5. The van der Waals surface area contributed by atoms with Crippen molar-refractivity contribution in [1.29, 1.82) is 0 Å². The predicted octanol–water partition coefficient (Wildman–Crippen LogP) is 9.39. The van der Waals surface area contributed by atoms with Crippen LogP contribution in [-0.2, 0) is 19.1 Å². The van der Waals surface area contributed by atoms with Gasteiger partial charge in [0.1, 0.15) is 19.3 Å². The molecule has 0 bridgehead atoms. The summed E-state index contributed by atoms with van der Waals surface area (Å²) in [4.78, 5) is 24.0. The van der Waals surface area contributed by atoms with Crippen LogP contribution in [0.3, 0.4) is 0 Å². The van der Waals surface area contributed by atoms with Gasteiger partial charge in [0.25, 0.3) is 0 Å². The molecule has 0 unspecified atom stereocenters. The first-order valence-electron chi connectivity index (χ1n) is 20.4. The molecule has 0 heterocycles. The summed E-state index contributed by atoms with van der Waals surface area (Å²) >= 11 is 0. The Bertz CT molecular complexity index is 925. The van der Waals surface area contributed by atoms with E-state index in [0.717, 1.165) is 50.9 Å². The third kappa shape index (κ3) is 35.9. The lowest BCUT2D eigenvalue weighted by atomic mass is 10.0. The molecule has 8 nitrogen and oxygen atoms in total. The summed E-state index contributed by atoms with van der Waals surface area (Å²) in [5.41, 5.74) is 0. The average molecular weight is 721 g/mol. The zero-order chi connectivity index (χ0) is 37.8. The minimum Gasteiger partial charge on any atom is -0.463 e. The Labute approximate surface area is 311 Å². The van der Waals surface area contributed by atoms with Crippen molar-refractivity contribution in [2.75, 3.05) is 13.2 Å². The molecule has 4 atom stereocenters. The summed E-state index contributed by atoms with van der Waals surface area (Å²) in [5, 5.41) is 40.1. The molecule has 4 N–H and O–H groups in total. The van der Waals surface area contributed by atoms with Crippen LogP contribution in [0.4, 0.5) is 0 Å². The molecular formula is C43H76O8. The summed E-state index contributed by atoms with van der Waals surface area (Å²) < 4.78 is 10.2. The Morgan fingerprint density at radius 2 is 0.941 bits per heavy atom. The van der Waals surface area contributed by atoms with Gasteiger partial charge in [0.05, 0.1) is 18.3 Å². The predicted molar refractivity (Wildman–Crippen MR) is 209 cm³/mol. The van der Waals surface area contributed by atoms with Gasteiger partial charge in [-0.2, -0.15) is 0 Å². The van der Waals surface area contributed by atoms with Crippen molar-refractivity contribution >= 4 is 11.9 Å². The Morgan fingerprint density at radius 3 is 1.45 bits per heavy atom. The first-order valence-corrected chi connectivity index (χ1v) is 20.4. The molecular weight excluding hydrogens is 644 g/mol. The van der Waals surface area contributed by atoms with E-state index < -0.39 is 30.4 Å². The molecule has 0 spiro atoms. The molecule has 0 aliphatic rings. The number of allylic oxidation sites excluding steroid dienone is 6. The number of carbonyl (C=O) groups is 2. The highest BCUT2D eigenvalue weighted by Gasteiger charge is 2.15. The fourth-order valence-electron chi connectivity index (χ4n) is 5.60. The Kier molecular flexibility index (Phi) is 34.5. The van der Waals surface area contributed by atoms with Crippen LogP contribution >= 0.6 is 0 Å². The summed E-state index contributed by atoms with van der Waals surface area (Å²) in [6.45, 7) is 6.25. The van der Waals surface area contributed by atoms with Crippen LogP contribution in [0.25, 0.3) is 0 Å². The molecule has 0 aromatic heterocycles. The molecule has 0 saturated carbocycles. The van der Waals surface area contributed by atoms with Gasteiger partial charge >= 0.3 is 11.9 Å². The maximum Gasteiger partial charge on any atom is 0.305 e. The Balaban J connectivity index is 3.74. The van der Waals surface area contributed by atoms with E-state index in [1.54, 1.807) is 36.5 Å². The van der Waals surface area contributed by atoms with Crippen molar-refractivity contribution in [2.45, 2.75) is 193 Å². The largest absolute Gasteiger partial charge is 0.463 e. The van der Waals surface area contributed by atoms with Gasteiger partial charge in [-0.3, -0.25) is 9.59 Å². The molecule has 0 amide bonds. The Hall–Kier alpha value is -2.26. The lowest BCUT2D eigenvalue weighted by Gasteiger charge is -2.14. The molecule has 51 heavy (non-hydrogen) atoms. The topological polar surface area (TPSA) is 134 Å². The molecule has 8 heteroatoms. The smallest absolute Gasteiger partial charge is 0.305 e. The molecule has 0 fully saturated rings. The number of unbranched alkanes of at least 4 members (excludes halogenated alkanes) is 15. The van der Waals surface area contributed by atoms with E-state index in [1.165, 1.54) is 83.1 Å². The van der Waals surface area contributed by atoms with E-state index in [2.05, 4.69) is 20.8 Å². The lowest BCUT2D eigenvalue weighted by molar-refractivity contribution is -0.152. The van der Waals surface area contributed by atoms with Crippen molar-refractivity contribution in [3.8, 4) is 0 Å². The molecule has 0 aromatic carbocycles. The van der Waals surface area contributed by atoms with Crippen LogP contribution in [0, 0.1) is 5.92 Å². The van der Waals surface area contributed by atoms with E-state index in [4.69, 9.17) is 9.47 Å². The SMILES string of the molecule is CCCCC[C@@H](O)/C=C/C=C\C=C\C=C\[C@@H](O)[C@H](O)CCCC(=O)OC[C@@H](O)COC(=O)CCCCCCCCCCCCCCCCC(C)C. The molecule has 0 aromatic rings. The highest BCUT2D eigenvalue weighted by atomic mass is 16.6. The number of ether oxygens (including phenoxy) is 2. The monoisotopic (exact) mass is 721 g/mol. The van der Waals surface area contributed by atoms with Crippen LogP contribution < -0.4 is 0 Å². The van der Waals surface area contributed by atoms with Gasteiger partial charge in [-0.15, -0.1) is 0 Å². The average Bonchev–Trinajstić information content (AvgIpc) is 3.10. The van der Waals surface area contributed by atoms with Crippen LogP contribution in [0.1, 0.15) is 168 Å². The second-order valence-corrected chi connectivity index (χ2v) is 14.5. The van der Waals surface area contributed by atoms with Gasteiger partial charge in [-0.1, -0.05) is 179 Å². The third-order valence-corrected chi connectivity index (χ3v) is 8.86. The minimum absolute atomic E-state index is 0.0320. The van der Waals surface area contributed by atoms with Crippen molar-refractivity contribution in [1.82, 2.24) is 0 Å². The van der Waals surface area contributed by atoms with E-state index in [-0.39, 0.29) is 32.0 Å². The van der Waals surface area contributed by atoms with Gasteiger partial charge in [0, 0.05) is 12.8 Å². The molecule has 0 aliphatic heterocycles. The van der Waals surface area contributed by atoms with E-state index in [1.807, 2.05) is 6.08 Å². The normalized spacial score (nSPS) is 14.7. The zero-order valence-electron chi connectivity index (χ0n) is 32.6. The van der Waals surface area contributed by atoms with E-state index in [0.29, 0.717) is 12.8 Å². The number of aliphatic hydroxyl groups excluding tert-OH is 4. The van der Waals surface area contributed by atoms with Crippen LogP contribution in [0.2, 0.25) is 0 Å². The quantitative estimate of drug-likeness (QED) is 0.0289. The fourth-order valence-corrected chi connectivity index (χ4v) is 5.60. The summed E-state index contributed by atoms with van der Waals surface area (Å²) in [5.74, 6) is -0.0465. The van der Waals surface area contributed by atoms with Crippen LogP contribution in [-0.4, -0.2) is 70.0 Å². The minimum atomic E-state index is -1.09. The standard InChI is InChI=1S/C43H76O8/c1-4-5-22-29-38(44)30-24-19-16-17-20-25-31-40(46)41(47)32-27-34-43(49)51-36-39(45)35-50-42(48)33-26-21-15-13-11-9-7-6-8-10-12-14-18-23-28-37(2)3/h16-17,19-20,24-25,30-31,37-41,44-47H,4-15,18,21-23,26-29,32-36H2,1-3H3/b19-16-,20-17+,30-24+,31-25+/t38-,39+,40-,41-/m1/s1. The van der Waals surface area contributed by atoms with E-state index >= 15 is 0 Å². The molecule has 0 radical (unpaired) electrons. The lowest BCUT2D eigenvalue weighted by Crippen LogP contribution is -2.26. The highest BCUT2D eigenvalue weighted by molar-refractivity contribution is 5.69. The van der Waals surface area contributed by atoms with Crippen molar-refractivity contribution < 1.29 is 39.5 Å². The number of aliphatic hydroxyl groups is 4. The summed E-state index contributed by atoms with van der Waals surface area (Å²) in [6.07, 6.45) is 34.0. The summed E-state index contributed by atoms with van der Waals surface area (Å²) in [7, 11) is 0. The fraction of sp³-hybridized carbons (Fsp3) is 0.767. The maximum atomic E-state index is 12.0. The van der Waals surface area contributed by atoms with E-state index in [9.17, 15) is 30.0 Å². The van der Waals surface area contributed by atoms with Crippen molar-refractivity contribution in [3.63, 3.8) is 0 Å². The van der Waals surface area contributed by atoms with Gasteiger partial charge in [0.15, 0.2) is 0 Å². The third-order valence-electron chi connectivity index (χ3n) is 8.86. The number of hydrogen-bond donors (Lipinski definition) is 4. The van der Waals surface area contributed by atoms with Crippen molar-refractivity contribution in [3.05, 3.63) is 48.6 Å². The second kappa shape index (κ2) is 36.1. The first-order chi connectivity index (χ1) is 24.6. The van der Waals surface area contributed by atoms with Crippen LogP contribution in [0.5, 0.6) is 0 Å². The van der Waals surface area contributed by atoms with Crippen LogP contribution in [0.15, 0.2) is 48.6 Å². The maximum absolute atomic E-state index is 12.0. The van der Waals surface area contributed by atoms with Gasteiger partial charge in [-0.25, -0.2) is 0 Å². The van der Waals surface area contributed by atoms with Gasteiger partial charge < -0.3 is 29.9 Å². The highest BCUT2D eigenvalue weighted by Crippen LogP contribution is 2.15. The number of hydrogen-bond acceptors (Lipinski definition) is 8. The van der Waals surface area contributed by atoms with Gasteiger partial charge in [0.2, 0.25) is 0 Å². The van der Waals surface area contributed by atoms with Gasteiger partial charge in [-0.05, 0) is 31.6 Å². The Morgan fingerprint density at radius 1 is 0.510 bits per heavy atom. The number of rotatable bonds is 35. The molecule has 0 aliphatic carbocycles. The molecule has 0 saturated heterocycles. The molecule has 296 valence electrons. The number of esters is 2.